The minimum absolute atomic E-state index is 0.0327. The number of carbonyl (C=O) groups excluding carboxylic acids is 2. The van der Waals surface area contributed by atoms with E-state index in [1.807, 2.05) is 42.2 Å². The predicted octanol–water partition coefficient (Wildman–Crippen LogP) is 2.16. The van der Waals surface area contributed by atoms with Crippen molar-refractivity contribution in [3.05, 3.63) is 35.9 Å². The second-order valence-electron chi connectivity index (χ2n) is 7.10. The fourth-order valence-corrected chi connectivity index (χ4v) is 3.16. The minimum Gasteiger partial charge on any atom is -0.389 e. The maximum absolute atomic E-state index is 12.7. The maximum atomic E-state index is 12.7. The molecular formula is C19H28N2O3. The van der Waals surface area contributed by atoms with Crippen LogP contribution in [0.5, 0.6) is 0 Å². The van der Waals surface area contributed by atoms with E-state index in [1.165, 1.54) is 0 Å². The zero-order chi connectivity index (χ0) is 17.7. The van der Waals surface area contributed by atoms with E-state index >= 15 is 0 Å². The number of hydrogen-bond acceptors (Lipinski definition) is 3. The first kappa shape index (κ1) is 18.5. The standard InChI is InChI=1S/C19H28N2O3/c1-4-20(14-19(2,3)24)17(22)16-10-12-21(13-11-16)18(23)15-8-6-5-7-9-15/h5-9,16,24H,4,10-14H2,1-3H3. The first-order valence-corrected chi connectivity index (χ1v) is 8.67. The Bertz CT molecular complexity index is 558. The number of likely N-dealkylation sites (tertiary alicyclic amines) is 1. The topological polar surface area (TPSA) is 60.9 Å². The van der Waals surface area contributed by atoms with Gasteiger partial charge in [-0.05, 0) is 45.7 Å². The van der Waals surface area contributed by atoms with Gasteiger partial charge in [0.1, 0.15) is 0 Å². The molecule has 1 N–H and O–H groups in total. The number of amides is 2. The molecule has 0 unspecified atom stereocenters. The molecule has 5 nitrogen and oxygen atoms in total. The largest absolute Gasteiger partial charge is 0.389 e. The first-order valence-electron chi connectivity index (χ1n) is 8.67. The molecule has 132 valence electrons. The third-order valence-electron chi connectivity index (χ3n) is 4.42. The van der Waals surface area contributed by atoms with Crippen molar-refractivity contribution in [3.63, 3.8) is 0 Å². The highest BCUT2D eigenvalue weighted by Crippen LogP contribution is 2.22. The van der Waals surface area contributed by atoms with Crippen LogP contribution in [0.4, 0.5) is 0 Å². The van der Waals surface area contributed by atoms with Gasteiger partial charge in [0, 0.05) is 37.7 Å². The van der Waals surface area contributed by atoms with Crippen molar-refractivity contribution in [2.45, 2.75) is 39.2 Å². The van der Waals surface area contributed by atoms with Crippen LogP contribution in [0.2, 0.25) is 0 Å². The summed E-state index contributed by atoms with van der Waals surface area (Å²) in [6.45, 7) is 7.48. The average Bonchev–Trinajstić information content (AvgIpc) is 2.58. The number of hydrogen-bond donors (Lipinski definition) is 1. The second kappa shape index (κ2) is 7.79. The van der Waals surface area contributed by atoms with E-state index in [1.54, 1.807) is 18.7 Å². The number of nitrogens with zero attached hydrogens (tertiary/aromatic N) is 2. The predicted molar refractivity (Wildman–Crippen MR) is 93.6 cm³/mol. The zero-order valence-corrected chi connectivity index (χ0v) is 14.9. The second-order valence-corrected chi connectivity index (χ2v) is 7.10. The third kappa shape index (κ3) is 4.81. The Kier molecular flexibility index (Phi) is 5.99. The molecule has 0 aromatic heterocycles. The average molecular weight is 332 g/mol. The molecule has 0 aliphatic carbocycles. The number of likely N-dealkylation sites (N-methyl/N-ethyl adjacent to an activating group) is 1. The zero-order valence-electron chi connectivity index (χ0n) is 14.9. The van der Waals surface area contributed by atoms with Crippen LogP contribution in [0.25, 0.3) is 0 Å². The third-order valence-corrected chi connectivity index (χ3v) is 4.42. The van der Waals surface area contributed by atoms with Gasteiger partial charge in [-0.3, -0.25) is 9.59 Å². The van der Waals surface area contributed by atoms with Gasteiger partial charge in [-0.15, -0.1) is 0 Å². The van der Waals surface area contributed by atoms with Gasteiger partial charge in [-0.2, -0.15) is 0 Å². The van der Waals surface area contributed by atoms with Crippen LogP contribution < -0.4 is 0 Å². The summed E-state index contributed by atoms with van der Waals surface area (Å²) >= 11 is 0. The van der Waals surface area contributed by atoms with Crippen molar-refractivity contribution in [2.75, 3.05) is 26.2 Å². The fraction of sp³-hybridized carbons (Fsp3) is 0.579. The molecule has 1 aromatic carbocycles. The van der Waals surface area contributed by atoms with Gasteiger partial charge in [0.05, 0.1) is 5.60 Å². The van der Waals surface area contributed by atoms with Crippen LogP contribution in [-0.2, 0) is 4.79 Å². The van der Waals surface area contributed by atoms with Crippen LogP contribution >= 0.6 is 0 Å². The highest BCUT2D eigenvalue weighted by molar-refractivity contribution is 5.94. The van der Waals surface area contributed by atoms with E-state index in [9.17, 15) is 14.7 Å². The summed E-state index contributed by atoms with van der Waals surface area (Å²) in [6, 6.07) is 9.26. The summed E-state index contributed by atoms with van der Waals surface area (Å²) in [5.41, 5.74) is -0.199. The Hall–Kier alpha value is -1.88. The highest BCUT2D eigenvalue weighted by Gasteiger charge is 2.31. The van der Waals surface area contributed by atoms with Crippen LogP contribution in [0.3, 0.4) is 0 Å². The molecule has 1 fully saturated rings. The van der Waals surface area contributed by atoms with Gasteiger partial charge >= 0.3 is 0 Å². The van der Waals surface area contributed by atoms with Gasteiger partial charge < -0.3 is 14.9 Å². The monoisotopic (exact) mass is 332 g/mol. The van der Waals surface area contributed by atoms with Crippen molar-refractivity contribution in [3.8, 4) is 0 Å². The van der Waals surface area contributed by atoms with E-state index in [-0.39, 0.29) is 17.7 Å². The maximum Gasteiger partial charge on any atom is 0.253 e. The Morgan fingerprint density at radius 2 is 1.79 bits per heavy atom. The van der Waals surface area contributed by atoms with Crippen LogP contribution in [0, 0.1) is 5.92 Å². The number of carbonyl (C=O) groups is 2. The van der Waals surface area contributed by atoms with E-state index in [2.05, 4.69) is 0 Å². The number of piperidine rings is 1. The molecular weight excluding hydrogens is 304 g/mol. The minimum atomic E-state index is -0.893. The molecule has 1 aliphatic heterocycles. The molecule has 1 aromatic rings. The Morgan fingerprint density at radius 1 is 1.21 bits per heavy atom. The highest BCUT2D eigenvalue weighted by atomic mass is 16.3. The van der Waals surface area contributed by atoms with Crippen LogP contribution in [0.15, 0.2) is 30.3 Å². The summed E-state index contributed by atoms with van der Waals surface area (Å²) in [5, 5.41) is 9.96. The lowest BCUT2D eigenvalue weighted by atomic mass is 9.94. The Balaban J connectivity index is 1.92. The van der Waals surface area contributed by atoms with E-state index in [4.69, 9.17) is 0 Å². The number of aliphatic hydroxyl groups is 1. The molecule has 2 amide bonds. The number of benzene rings is 1. The summed E-state index contributed by atoms with van der Waals surface area (Å²) in [7, 11) is 0. The molecule has 0 spiro atoms. The van der Waals surface area contributed by atoms with Gasteiger partial charge in [0.2, 0.25) is 5.91 Å². The van der Waals surface area contributed by atoms with E-state index in [0.717, 1.165) is 0 Å². The smallest absolute Gasteiger partial charge is 0.253 e. The SMILES string of the molecule is CCN(CC(C)(C)O)C(=O)C1CCN(C(=O)c2ccccc2)CC1. The van der Waals surface area contributed by atoms with Gasteiger partial charge in [0.25, 0.3) is 5.91 Å². The molecule has 1 aliphatic rings. The van der Waals surface area contributed by atoms with Crippen molar-refractivity contribution < 1.29 is 14.7 Å². The molecule has 5 heteroatoms. The summed E-state index contributed by atoms with van der Waals surface area (Å²) < 4.78 is 0. The van der Waals surface area contributed by atoms with Crippen molar-refractivity contribution in [1.29, 1.82) is 0 Å². The Labute approximate surface area is 144 Å². The molecule has 0 saturated carbocycles. The molecule has 1 heterocycles. The lowest BCUT2D eigenvalue weighted by Gasteiger charge is -2.35. The molecule has 0 atom stereocenters. The summed E-state index contributed by atoms with van der Waals surface area (Å²) in [4.78, 5) is 28.7. The summed E-state index contributed by atoms with van der Waals surface area (Å²) in [6.07, 6.45) is 1.36. The van der Waals surface area contributed by atoms with Crippen LogP contribution in [0.1, 0.15) is 44.0 Å². The lowest BCUT2D eigenvalue weighted by Crippen LogP contribution is -2.48. The van der Waals surface area contributed by atoms with Gasteiger partial charge in [-0.1, -0.05) is 18.2 Å². The van der Waals surface area contributed by atoms with Crippen LogP contribution in [-0.4, -0.2) is 58.5 Å². The Morgan fingerprint density at radius 3 is 2.29 bits per heavy atom. The molecule has 2 rings (SSSR count). The summed E-state index contributed by atoms with van der Waals surface area (Å²) in [5.74, 6) is 0.0592. The fourth-order valence-electron chi connectivity index (χ4n) is 3.16. The van der Waals surface area contributed by atoms with Crippen molar-refractivity contribution >= 4 is 11.8 Å². The lowest BCUT2D eigenvalue weighted by molar-refractivity contribution is -0.139. The molecule has 0 bridgehead atoms. The first-order chi connectivity index (χ1) is 11.3. The quantitative estimate of drug-likeness (QED) is 0.899. The van der Waals surface area contributed by atoms with Crippen molar-refractivity contribution in [2.24, 2.45) is 5.92 Å². The van der Waals surface area contributed by atoms with Gasteiger partial charge in [-0.25, -0.2) is 0 Å². The van der Waals surface area contributed by atoms with E-state index < -0.39 is 5.60 Å². The van der Waals surface area contributed by atoms with Gasteiger partial charge in [0.15, 0.2) is 0 Å². The molecule has 24 heavy (non-hydrogen) atoms. The van der Waals surface area contributed by atoms with Crippen molar-refractivity contribution in [1.82, 2.24) is 9.80 Å². The number of rotatable bonds is 5. The molecule has 0 radical (unpaired) electrons. The van der Waals surface area contributed by atoms with E-state index in [0.29, 0.717) is 44.6 Å². The molecule has 1 saturated heterocycles. The normalized spacial score (nSPS) is 16.1.